The summed E-state index contributed by atoms with van der Waals surface area (Å²) in [7, 11) is 0. The predicted octanol–water partition coefficient (Wildman–Crippen LogP) is 12.4. The summed E-state index contributed by atoms with van der Waals surface area (Å²) >= 11 is 0. The highest BCUT2D eigenvalue weighted by Crippen LogP contribution is 2.55. The third-order valence-corrected chi connectivity index (χ3v) is 8.60. The molecule has 0 spiro atoms. The molecule has 0 saturated heterocycles. The lowest BCUT2D eigenvalue weighted by molar-refractivity contribution is 0.664. The molecule has 0 radical (unpaired) electrons. The van der Waals surface area contributed by atoms with Gasteiger partial charge in [-0.15, -0.1) is 0 Å². The second-order valence-corrected chi connectivity index (χ2v) is 11.3. The van der Waals surface area contributed by atoms with Crippen molar-refractivity contribution in [3.63, 3.8) is 0 Å². The van der Waals surface area contributed by atoms with Gasteiger partial charge in [0.1, 0.15) is 22.5 Å². The van der Waals surface area contributed by atoms with E-state index in [1.165, 1.54) is 0 Å². The van der Waals surface area contributed by atoms with E-state index in [0.29, 0.717) is 0 Å². The zero-order valence-corrected chi connectivity index (χ0v) is 24.9. The summed E-state index contributed by atoms with van der Waals surface area (Å²) in [5, 5.41) is 4.02. The molecular weight excluding hydrogens is 564 g/mol. The van der Waals surface area contributed by atoms with Crippen LogP contribution < -0.4 is 9.80 Å². The van der Waals surface area contributed by atoms with Crippen LogP contribution in [0.25, 0.3) is 43.9 Å². The Morgan fingerprint density at radius 1 is 0.304 bits per heavy atom. The van der Waals surface area contributed by atoms with Crippen molar-refractivity contribution < 1.29 is 8.83 Å². The minimum absolute atomic E-state index is 0.792. The molecule has 9 rings (SSSR count). The van der Waals surface area contributed by atoms with E-state index in [-0.39, 0.29) is 0 Å². The lowest BCUT2D eigenvalue weighted by Crippen LogP contribution is -2.13. The maximum absolute atomic E-state index is 6.99. The van der Waals surface area contributed by atoms with Gasteiger partial charge in [-0.05, 0) is 60.7 Å². The number of rotatable bonds is 6. The molecule has 2 heterocycles. The Morgan fingerprint density at radius 2 is 0.587 bits per heavy atom. The quantitative estimate of drug-likeness (QED) is 0.180. The largest absolute Gasteiger partial charge is 0.454 e. The van der Waals surface area contributed by atoms with Crippen molar-refractivity contribution in [2.45, 2.75) is 0 Å². The Balaban J connectivity index is 1.53. The molecule has 0 atom stereocenters. The monoisotopic (exact) mass is 592 g/mol. The fraction of sp³-hybridized carbons (Fsp3) is 0. The number of nitrogens with zero attached hydrogens (tertiary/aromatic N) is 2. The van der Waals surface area contributed by atoms with E-state index >= 15 is 0 Å². The molecule has 0 saturated carbocycles. The van der Waals surface area contributed by atoms with Crippen molar-refractivity contribution >= 4 is 78.0 Å². The van der Waals surface area contributed by atoms with Crippen molar-refractivity contribution in [2.75, 3.05) is 9.80 Å². The third kappa shape index (κ3) is 4.08. The maximum Gasteiger partial charge on any atom is 0.162 e. The van der Waals surface area contributed by atoms with Gasteiger partial charge in [-0.1, -0.05) is 109 Å². The predicted molar refractivity (Wildman–Crippen MR) is 190 cm³/mol. The molecule has 0 N–H and O–H groups in total. The van der Waals surface area contributed by atoms with Gasteiger partial charge in [-0.25, -0.2) is 0 Å². The van der Waals surface area contributed by atoms with Gasteiger partial charge in [-0.2, -0.15) is 0 Å². The summed E-state index contributed by atoms with van der Waals surface area (Å²) in [6.45, 7) is 0. The lowest BCUT2D eigenvalue weighted by atomic mass is 10.0. The van der Waals surface area contributed by atoms with Gasteiger partial charge in [0.05, 0.1) is 10.8 Å². The summed E-state index contributed by atoms with van der Waals surface area (Å²) in [6, 6.07) is 58.5. The van der Waals surface area contributed by atoms with Gasteiger partial charge in [0.25, 0.3) is 0 Å². The highest BCUT2D eigenvalue weighted by molar-refractivity contribution is 6.31. The molecule has 2 aromatic heterocycles. The average molecular weight is 593 g/mol. The summed E-state index contributed by atoms with van der Waals surface area (Å²) in [4.78, 5) is 4.60. The fourth-order valence-corrected chi connectivity index (χ4v) is 6.67. The topological polar surface area (TPSA) is 32.8 Å². The zero-order valence-electron chi connectivity index (χ0n) is 24.9. The van der Waals surface area contributed by atoms with Crippen LogP contribution >= 0.6 is 0 Å². The highest BCUT2D eigenvalue weighted by atomic mass is 16.3. The highest BCUT2D eigenvalue weighted by Gasteiger charge is 2.32. The Morgan fingerprint density at radius 3 is 0.913 bits per heavy atom. The second-order valence-electron chi connectivity index (χ2n) is 11.3. The molecule has 4 heteroatoms. The Kier molecular flexibility index (Phi) is 6.10. The van der Waals surface area contributed by atoms with Crippen molar-refractivity contribution in [3.8, 4) is 0 Å². The number of hydrogen-bond acceptors (Lipinski definition) is 4. The number of para-hydroxylation sites is 6. The van der Waals surface area contributed by atoms with Crippen molar-refractivity contribution in [2.24, 2.45) is 0 Å². The van der Waals surface area contributed by atoms with Crippen LogP contribution in [0.2, 0.25) is 0 Å². The third-order valence-electron chi connectivity index (χ3n) is 8.60. The fourth-order valence-electron chi connectivity index (χ4n) is 6.67. The summed E-state index contributed by atoms with van der Waals surface area (Å²) < 4.78 is 14.0. The van der Waals surface area contributed by atoms with Crippen LogP contribution in [0.15, 0.2) is 179 Å². The van der Waals surface area contributed by atoms with E-state index in [4.69, 9.17) is 8.83 Å². The molecule has 0 aliphatic rings. The molecule has 0 unspecified atom stereocenters. The maximum atomic E-state index is 6.99. The minimum atomic E-state index is 0.792. The molecule has 0 amide bonds. The number of fused-ring (bicyclic) bond motifs is 6. The Bertz CT molecular complexity index is 2210. The molecule has 4 nitrogen and oxygen atoms in total. The van der Waals surface area contributed by atoms with Crippen LogP contribution in [0.4, 0.5) is 34.1 Å². The first-order valence-corrected chi connectivity index (χ1v) is 15.5. The van der Waals surface area contributed by atoms with Gasteiger partial charge in [0, 0.05) is 33.5 Å². The molecule has 0 aliphatic heterocycles. The molecule has 0 fully saturated rings. The van der Waals surface area contributed by atoms with Crippen LogP contribution in [0, 0.1) is 0 Å². The van der Waals surface area contributed by atoms with Gasteiger partial charge in [-0.3, -0.25) is 0 Å². The Hall–Kier alpha value is -6.26. The molecule has 9 aromatic rings. The van der Waals surface area contributed by atoms with E-state index in [0.717, 1.165) is 78.0 Å². The van der Waals surface area contributed by atoms with E-state index in [1.54, 1.807) is 0 Å². The molecular formula is C42H28N2O2. The number of furan rings is 2. The summed E-state index contributed by atoms with van der Waals surface area (Å²) in [5.41, 5.74) is 9.20. The number of benzene rings is 7. The van der Waals surface area contributed by atoms with Crippen LogP contribution in [0.1, 0.15) is 0 Å². The first-order chi connectivity index (χ1) is 22.9. The average Bonchev–Trinajstić information content (AvgIpc) is 3.71. The molecule has 46 heavy (non-hydrogen) atoms. The van der Waals surface area contributed by atoms with Gasteiger partial charge < -0.3 is 18.6 Å². The van der Waals surface area contributed by atoms with E-state index in [2.05, 4.69) is 131 Å². The summed E-state index contributed by atoms with van der Waals surface area (Å²) in [6.07, 6.45) is 0. The van der Waals surface area contributed by atoms with Gasteiger partial charge in [0.2, 0.25) is 0 Å². The standard InChI is InChI=1S/C42H28N2O2/c1-5-17-29(18-6-1)43(30-19-7-2-8-20-30)39-37-33-25-13-15-27-35(33)46-42(37)40(38-34-26-14-16-28-36(34)45-41(38)39)44(31-21-9-3-10-22-31)32-23-11-4-12-24-32/h1-28H. The smallest absolute Gasteiger partial charge is 0.162 e. The zero-order chi connectivity index (χ0) is 30.5. The van der Waals surface area contributed by atoms with Crippen molar-refractivity contribution in [3.05, 3.63) is 170 Å². The van der Waals surface area contributed by atoms with Gasteiger partial charge in [0.15, 0.2) is 11.2 Å². The van der Waals surface area contributed by atoms with Crippen LogP contribution in [-0.4, -0.2) is 0 Å². The summed E-state index contributed by atoms with van der Waals surface area (Å²) in [5.74, 6) is 0. The van der Waals surface area contributed by atoms with Crippen LogP contribution in [0.5, 0.6) is 0 Å². The van der Waals surface area contributed by atoms with Crippen LogP contribution in [-0.2, 0) is 0 Å². The Labute approximate surface area is 265 Å². The van der Waals surface area contributed by atoms with Crippen molar-refractivity contribution in [1.82, 2.24) is 0 Å². The number of anilines is 6. The molecule has 7 aromatic carbocycles. The van der Waals surface area contributed by atoms with E-state index in [9.17, 15) is 0 Å². The SMILES string of the molecule is c1ccc(N(c2ccccc2)c2c3oc4ccccc4c3c(N(c3ccccc3)c3ccccc3)c3oc4ccccc4c23)cc1. The van der Waals surface area contributed by atoms with Gasteiger partial charge >= 0.3 is 0 Å². The molecule has 0 aliphatic carbocycles. The van der Waals surface area contributed by atoms with Crippen LogP contribution in [0.3, 0.4) is 0 Å². The second kappa shape index (κ2) is 10.7. The normalized spacial score (nSPS) is 11.5. The molecule has 0 bridgehead atoms. The first kappa shape index (κ1) is 26.2. The van der Waals surface area contributed by atoms with Crippen molar-refractivity contribution in [1.29, 1.82) is 0 Å². The number of hydrogen-bond donors (Lipinski definition) is 0. The lowest BCUT2D eigenvalue weighted by Gasteiger charge is -2.29. The molecule has 218 valence electrons. The van der Waals surface area contributed by atoms with E-state index in [1.807, 2.05) is 48.5 Å². The minimum Gasteiger partial charge on any atom is -0.454 e. The van der Waals surface area contributed by atoms with E-state index < -0.39 is 0 Å². The first-order valence-electron chi connectivity index (χ1n) is 15.5.